The molecule has 0 aromatic carbocycles. The fraction of sp³-hybridized carbons (Fsp3) is 0.667. The largest absolute Gasteiger partial charge is 0.462 e. The number of esters is 3. The third-order valence-corrected chi connectivity index (χ3v) is 10.7. The molecule has 0 amide bonds. The van der Waals surface area contributed by atoms with Gasteiger partial charge in [-0.25, -0.2) is 0 Å². The third-order valence-electron chi connectivity index (χ3n) is 10.7. The van der Waals surface area contributed by atoms with E-state index in [1.165, 1.54) is 83.5 Å². The Morgan fingerprint density at radius 3 is 1.21 bits per heavy atom. The van der Waals surface area contributed by atoms with Crippen LogP contribution in [0.4, 0.5) is 0 Å². The van der Waals surface area contributed by atoms with E-state index in [0.717, 1.165) is 96.3 Å². The van der Waals surface area contributed by atoms with Crippen molar-refractivity contribution in [3.05, 3.63) is 97.2 Å². The van der Waals surface area contributed by atoms with E-state index in [1.807, 2.05) is 12.2 Å². The molecule has 0 aliphatic heterocycles. The van der Waals surface area contributed by atoms with Gasteiger partial charge in [-0.05, 0) is 70.6 Å². The van der Waals surface area contributed by atoms with Gasteiger partial charge < -0.3 is 14.2 Å². The molecule has 0 aliphatic rings. The van der Waals surface area contributed by atoms with Gasteiger partial charge >= 0.3 is 17.9 Å². The van der Waals surface area contributed by atoms with Crippen molar-refractivity contribution in [2.24, 2.45) is 0 Å². The minimum atomic E-state index is -0.814. The van der Waals surface area contributed by atoms with Crippen molar-refractivity contribution in [1.82, 2.24) is 0 Å². The second kappa shape index (κ2) is 51.0. The molecule has 63 heavy (non-hydrogen) atoms. The normalized spacial score (nSPS) is 12.9. The van der Waals surface area contributed by atoms with Gasteiger partial charge in [0.2, 0.25) is 0 Å². The van der Waals surface area contributed by atoms with Crippen LogP contribution in [0.25, 0.3) is 0 Å². The van der Waals surface area contributed by atoms with Crippen molar-refractivity contribution in [2.45, 2.75) is 232 Å². The second-order valence-corrected chi connectivity index (χ2v) is 16.7. The molecule has 0 fully saturated rings. The van der Waals surface area contributed by atoms with Gasteiger partial charge in [0.1, 0.15) is 13.2 Å². The Morgan fingerprint density at radius 2 is 0.730 bits per heavy atom. The van der Waals surface area contributed by atoms with Crippen LogP contribution in [-0.4, -0.2) is 37.2 Å². The first-order valence-corrected chi connectivity index (χ1v) is 25.8. The summed E-state index contributed by atoms with van der Waals surface area (Å²) in [5, 5.41) is 0. The lowest BCUT2D eigenvalue weighted by Gasteiger charge is -2.18. The highest BCUT2D eigenvalue weighted by molar-refractivity contribution is 5.71. The summed E-state index contributed by atoms with van der Waals surface area (Å²) in [5.74, 6) is -1.02. The maximum Gasteiger partial charge on any atom is 0.306 e. The Bertz CT molecular complexity index is 1280. The van der Waals surface area contributed by atoms with E-state index in [0.29, 0.717) is 19.3 Å². The highest BCUT2D eigenvalue weighted by Crippen LogP contribution is 2.15. The van der Waals surface area contributed by atoms with E-state index >= 15 is 0 Å². The van der Waals surface area contributed by atoms with Gasteiger partial charge in [0.25, 0.3) is 0 Å². The summed E-state index contributed by atoms with van der Waals surface area (Å²) in [6.07, 6.45) is 66.9. The summed E-state index contributed by atoms with van der Waals surface area (Å²) in [7, 11) is 0. The average molecular weight is 875 g/mol. The molecule has 0 saturated heterocycles. The van der Waals surface area contributed by atoms with E-state index in [1.54, 1.807) is 0 Å². The zero-order valence-corrected chi connectivity index (χ0v) is 40.8. The van der Waals surface area contributed by atoms with E-state index in [2.05, 4.69) is 106 Å². The molecule has 1 unspecified atom stereocenters. The summed E-state index contributed by atoms with van der Waals surface area (Å²) < 4.78 is 16.7. The van der Waals surface area contributed by atoms with Gasteiger partial charge in [0, 0.05) is 19.3 Å². The van der Waals surface area contributed by atoms with Crippen LogP contribution in [0.15, 0.2) is 97.2 Å². The van der Waals surface area contributed by atoms with Crippen LogP contribution in [0.1, 0.15) is 226 Å². The maximum atomic E-state index is 12.8. The summed E-state index contributed by atoms with van der Waals surface area (Å²) in [6.45, 7) is 6.31. The minimum absolute atomic E-state index is 0.111. The van der Waals surface area contributed by atoms with E-state index in [-0.39, 0.29) is 37.5 Å². The molecular formula is C57H94O6. The van der Waals surface area contributed by atoms with Crippen molar-refractivity contribution in [3.8, 4) is 0 Å². The molecule has 0 radical (unpaired) electrons. The van der Waals surface area contributed by atoms with Crippen LogP contribution in [0.5, 0.6) is 0 Å². The molecular weight excluding hydrogens is 781 g/mol. The molecule has 0 aromatic heterocycles. The van der Waals surface area contributed by atoms with Gasteiger partial charge in [0.15, 0.2) is 6.10 Å². The Morgan fingerprint density at radius 1 is 0.349 bits per heavy atom. The number of carbonyl (C=O) groups is 3. The maximum absolute atomic E-state index is 12.8. The Kier molecular flexibility index (Phi) is 48.0. The number of allylic oxidation sites excluding steroid dienone is 16. The number of rotatable bonds is 45. The first-order chi connectivity index (χ1) is 31.0. The summed E-state index contributed by atoms with van der Waals surface area (Å²) in [4.78, 5) is 37.9. The average Bonchev–Trinajstić information content (AvgIpc) is 3.28. The molecule has 0 aliphatic carbocycles. The van der Waals surface area contributed by atoms with Crippen molar-refractivity contribution in [3.63, 3.8) is 0 Å². The highest BCUT2D eigenvalue weighted by Gasteiger charge is 2.19. The first kappa shape index (κ1) is 59.3. The van der Waals surface area contributed by atoms with Crippen molar-refractivity contribution in [1.29, 1.82) is 0 Å². The lowest BCUT2D eigenvalue weighted by molar-refractivity contribution is -0.166. The Hall–Kier alpha value is -3.67. The number of hydrogen-bond acceptors (Lipinski definition) is 6. The van der Waals surface area contributed by atoms with Gasteiger partial charge in [-0.1, -0.05) is 234 Å². The number of ether oxygens (including phenoxy) is 3. The smallest absolute Gasteiger partial charge is 0.306 e. The molecule has 0 aromatic rings. The van der Waals surface area contributed by atoms with Crippen LogP contribution in [0, 0.1) is 0 Å². The van der Waals surface area contributed by atoms with E-state index in [9.17, 15) is 14.4 Å². The van der Waals surface area contributed by atoms with Crippen LogP contribution in [0.2, 0.25) is 0 Å². The fourth-order valence-corrected chi connectivity index (χ4v) is 6.84. The van der Waals surface area contributed by atoms with Gasteiger partial charge in [0.05, 0.1) is 0 Å². The van der Waals surface area contributed by atoms with Gasteiger partial charge in [-0.15, -0.1) is 0 Å². The number of carbonyl (C=O) groups excluding carboxylic acids is 3. The topological polar surface area (TPSA) is 78.9 Å². The molecule has 0 rings (SSSR count). The molecule has 1 atom stereocenters. The molecule has 358 valence electrons. The van der Waals surface area contributed by atoms with E-state index < -0.39 is 6.10 Å². The molecule has 0 bridgehead atoms. The van der Waals surface area contributed by atoms with Gasteiger partial charge in [-0.2, -0.15) is 0 Å². The summed E-state index contributed by atoms with van der Waals surface area (Å²) in [5.41, 5.74) is 0. The zero-order chi connectivity index (χ0) is 45.8. The van der Waals surface area contributed by atoms with Crippen LogP contribution >= 0.6 is 0 Å². The molecule has 0 N–H and O–H groups in total. The lowest BCUT2D eigenvalue weighted by atomic mass is 10.0. The van der Waals surface area contributed by atoms with Crippen molar-refractivity contribution in [2.75, 3.05) is 13.2 Å². The van der Waals surface area contributed by atoms with Crippen LogP contribution < -0.4 is 0 Å². The molecule has 0 heterocycles. The fourth-order valence-electron chi connectivity index (χ4n) is 6.84. The lowest BCUT2D eigenvalue weighted by Crippen LogP contribution is -2.30. The number of unbranched alkanes of at least 4 members (excludes halogenated alkanes) is 20. The predicted octanol–water partition coefficient (Wildman–Crippen LogP) is 17.0. The standard InChI is InChI=1S/C57H94O6/c1-4-7-10-13-16-19-22-25-27-29-32-35-38-41-44-47-50-56(59)62-53-54(52-61-55(58)49-46-43-40-37-34-31-24-21-18-15-12-9-6-3)63-57(60)51-48-45-42-39-36-33-30-28-26-23-20-17-14-11-8-5-2/h7,9-10,12,15-16,18-19,21,24-25,27,32,35,41,44,54H,4-6,8,11,13-14,17,20,22-23,26,28-31,33-34,36-40,42-43,45-53H2,1-3H3/b10-7-,12-9-,18-15-,19-16-,24-21-,27-25-,35-32-,44-41-. The molecule has 0 spiro atoms. The zero-order valence-electron chi connectivity index (χ0n) is 40.8. The monoisotopic (exact) mass is 875 g/mol. The minimum Gasteiger partial charge on any atom is -0.462 e. The van der Waals surface area contributed by atoms with Gasteiger partial charge in [-0.3, -0.25) is 14.4 Å². The van der Waals surface area contributed by atoms with E-state index in [4.69, 9.17) is 14.2 Å². The van der Waals surface area contributed by atoms with Crippen molar-refractivity contribution < 1.29 is 28.6 Å². The third kappa shape index (κ3) is 49.2. The van der Waals surface area contributed by atoms with Crippen molar-refractivity contribution >= 4 is 17.9 Å². The molecule has 0 saturated carbocycles. The summed E-state index contributed by atoms with van der Waals surface area (Å²) in [6, 6.07) is 0. The molecule has 6 heteroatoms. The number of hydrogen-bond donors (Lipinski definition) is 0. The van der Waals surface area contributed by atoms with Crippen LogP contribution in [-0.2, 0) is 28.6 Å². The summed E-state index contributed by atoms with van der Waals surface area (Å²) >= 11 is 0. The van der Waals surface area contributed by atoms with Crippen LogP contribution in [0.3, 0.4) is 0 Å². The quantitative estimate of drug-likeness (QED) is 0.0199. The Labute approximate surface area is 387 Å². The first-order valence-electron chi connectivity index (χ1n) is 25.8. The molecule has 6 nitrogen and oxygen atoms in total. The SMILES string of the molecule is CC\C=C/C=C\C=C/CCCCCCCC(=O)OCC(COC(=O)CC/C=C\C/C=C\C/C=C\C/C=C\C/C=C\CC)OC(=O)CCCCCCCCCCCCCCCCCC. The highest BCUT2D eigenvalue weighted by atomic mass is 16.6. The Balaban J connectivity index is 4.51. The predicted molar refractivity (Wildman–Crippen MR) is 270 cm³/mol. The second-order valence-electron chi connectivity index (χ2n) is 16.7.